The van der Waals surface area contributed by atoms with Crippen LogP contribution in [0.1, 0.15) is 50.0 Å². The molecule has 1 saturated heterocycles. The van der Waals surface area contributed by atoms with E-state index in [9.17, 15) is 9.90 Å². The minimum atomic E-state index is -0.315. The molecule has 1 amide bonds. The van der Waals surface area contributed by atoms with Gasteiger partial charge in [0.15, 0.2) is 0 Å². The van der Waals surface area contributed by atoms with Crippen LogP contribution in [0.25, 0.3) is 0 Å². The second-order valence-electron chi connectivity index (χ2n) is 7.44. The number of aromatic hydroxyl groups is 1. The Balaban J connectivity index is 1.49. The highest BCUT2D eigenvalue weighted by Gasteiger charge is 2.34. The van der Waals surface area contributed by atoms with Crippen molar-refractivity contribution >= 4 is 6.09 Å². The number of hydrogen-bond acceptors (Lipinski definition) is 5. The van der Waals surface area contributed by atoms with Crippen molar-refractivity contribution in [3.8, 4) is 5.75 Å². The topological polar surface area (TPSA) is 85.0 Å². The number of likely N-dealkylation sites (tertiary alicyclic amines) is 1. The van der Waals surface area contributed by atoms with Crippen molar-refractivity contribution in [1.82, 2.24) is 4.90 Å². The summed E-state index contributed by atoms with van der Waals surface area (Å²) in [6.45, 7) is 1.16. The Kier molecular flexibility index (Phi) is 6.38. The van der Waals surface area contributed by atoms with Crippen molar-refractivity contribution in [2.45, 2.75) is 62.6 Å². The summed E-state index contributed by atoms with van der Waals surface area (Å²) in [6, 6.07) is 7.36. The second-order valence-corrected chi connectivity index (χ2v) is 7.44. The number of phenolic OH excluding ortho intramolecular Hbond substituents is 1. The highest BCUT2D eigenvalue weighted by atomic mass is 16.5. The molecule has 1 aromatic rings. The molecule has 2 fully saturated rings. The third-order valence-electron chi connectivity index (χ3n) is 5.78. The second kappa shape index (κ2) is 8.73. The number of nitrogens with zero attached hydrogens (tertiary/aromatic N) is 1. The molecule has 0 spiro atoms. The number of rotatable bonds is 4. The lowest BCUT2D eigenvalue weighted by molar-refractivity contribution is -0.0229. The average Bonchev–Trinajstić information content (AvgIpc) is 2.67. The largest absolute Gasteiger partial charge is 0.508 e. The number of methoxy groups -OCH3 is 1. The number of benzene rings is 1. The van der Waals surface area contributed by atoms with Crippen LogP contribution < -0.4 is 5.73 Å². The first-order valence-electron chi connectivity index (χ1n) is 9.59. The summed E-state index contributed by atoms with van der Waals surface area (Å²) in [7, 11) is 1.41. The fraction of sp³-hybridized carbons (Fsp3) is 0.650. The van der Waals surface area contributed by atoms with Crippen molar-refractivity contribution in [3.63, 3.8) is 0 Å². The standard InChI is InChI=1S/C20H30N2O4/c1-25-20(24)22-12-2-3-18(21)19(22)13-26-17-10-6-15(7-11-17)14-4-8-16(23)9-5-14/h4-5,8-9,15,17-19,23H,2-3,6-7,10-13,21H2,1H3/t15-,17+,18-,19-/m0/s1. The van der Waals surface area contributed by atoms with Crippen LogP contribution in [-0.2, 0) is 9.47 Å². The van der Waals surface area contributed by atoms with Crippen LogP contribution in [0.5, 0.6) is 5.75 Å². The Morgan fingerprint density at radius 3 is 2.54 bits per heavy atom. The summed E-state index contributed by atoms with van der Waals surface area (Å²) in [6.07, 6.45) is 5.89. The number of amides is 1. The van der Waals surface area contributed by atoms with Crippen molar-refractivity contribution in [1.29, 1.82) is 0 Å². The lowest BCUT2D eigenvalue weighted by atomic mass is 9.82. The van der Waals surface area contributed by atoms with E-state index < -0.39 is 0 Å². The maximum Gasteiger partial charge on any atom is 0.409 e. The molecule has 3 N–H and O–H groups in total. The number of carbonyl (C=O) groups excluding carboxylic acids is 1. The van der Waals surface area contributed by atoms with Gasteiger partial charge in [0.2, 0.25) is 0 Å². The van der Waals surface area contributed by atoms with Crippen molar-refractivity contribution in [2.24, 2.45) is 5.73 Å². The van der Waals surface area contributed by atoms with Crippen LogP contribution in [0, 0.1) is 0 Å². The minimum absolute atomic E-state index is 0.0591. The Morgan fingerprint density at radius 1 is 1.19 bits per heavy atom. The molecule has 26 heavy (non-hydrogen) atoms. The molecular weight excluding hydrogens is 332 g/mol. The average molecular weight is 362 g/mol. The highest BCUT2D eigenvalue weighted by Crippen LogP contribution is 2.34. The number of carbonyl (C=O) groups is 1. The van der Waals surface area contributed by atoms with E-state index in [1.165, 1.54) is 12.7 Å². The summed E-state index contributed by atoms with van der Waals surface area (Å²) in [5.74, 6) is 0.837. The number of piperidine rings is 1. The molecule has 2 aliphatic rings. The molecule has 0 radical (unpaired) electrons. The van der Waals surface area contributed by atoms with E-state index in [0.717, 1.165) is 38.5 Å². The highest BCUT2D eigenvalue weighted by molar-refractivity contribution is 5.68. The first kappa shape index (κ1) is 19.0. The SMILES string of the molecule is COC(=O)N1CCC[C@H](N)[C@@H]1CO[C@H]1CC[C@@H](c2ccc(O)cc2)CC1. The van der Waals surface area contributed by atoms with Crippen LogP contribution >= 0.6 is 0 Å². The Labute approximate surface area is 155 Å². The summed E-state index contributed by atoms with van der Waals surface area (Å²) in [5, 5.41) is 9.42. The van der Waals surface area contributed by atoms with Crippen LogP contribution in [0.2, 0.25) is 0 Å². The number of phenols is 1. The lowest BCUT2D eigenvalue weighted by Gasteiger charge is -2.39. The molecule has 0 bridgehead atoms. The fourth-order valence-electron chi connectivity index (χ4n) is 4.19. The number of nitrogens with two attached hydrogens (primary N) is 1. The maximum atomic E-state index is 12.0. The van der Waals surface area contributed by atoms with Gasteiger partial charge in [0.25, 0.3) is 0 Å². The predicted molar refractivity (Wildman–Crippen MR) is 99.2 cm³/mol. The molecule has 1 saturated carbocycles. The van der Waals surface area contributed by atoms with Gasteiger partial charge in [-0.05, 0) is 62.1 Å². The Hall–Kier alpha value is -1.79. The zero-order chi connectivity index (χ0) is 18.5. The minimum Gasteiger partial charge on any atom is -0.508 e. The van der Waals surface area contributed by atoms with Gasteiger partial charge in [-0.2, -0.15) is 0 Å². The zero-order valence-electron chi connectivity index (χ0n) is 15.5. The van der Waals surface area contributed by atoms with Crippen LogP contribution in [0.15, 0.2) is 24.3 Å². The van der Waals surface area contributed by atoms with E-state index >= 15 is 0 Å². The van der Waals surface area contributed by atoms with E-state index in [0.29, 0.717) is 24.8 Å². The van der Waals surface area contributed by atoms with E-state index in [2.05, 4.69) is 0 Å². The maximum absolute atomic E-state index is 12.0. The molecule has 2 atom stereocenters. The van der Waals surface area contributed by atoms with E-state index in [-0.39, 0.29) is 24.3 Å². The van der Waals surface area contributed by atoms with Crippen molar-refractivity contribution in [2.75, 3.05) is 20.3 Å². The van der Waals surface area contributed by atoms with Crippen molar-refractivity contribution in [3.05, 3.63) is 29.8 Å². The molecule has 3 rings (SSSR count). The molecule has 1 aromatic carbocycles. The molecule has 1 heterocycles. The molecule has 1 aliphatic heterocycles. The van der Waals surface area contributed by atoms with Crippen LogP contribution in [0.3, 0.4) is 0 Å². The Morgan fingerprint density at radius 2 is 1.88 bits per heavy atom. The molecule has 144 valence electrons. The number of hydrogen-bond donors (Lipinski definition) is 2. The molecule has 6 nitrogen and oxygen atoms in total. The van der Waals surface area contributed by atoms with Crippen molar-refractivity contribution < 1.29 is 19.4 Å². The van der Waals surface area contributed by atoms with Gasteiger partial charge >= 0.3 is 6.09 Å². The first-order chi connectivity index (χ1) is 12.6. The van der Waals surface area contributed by atoms with Crippen LogP contribution in [-0.4, -0.2) is 54.5 Å². The van der Waals surface area contributed by atoms with E-state index in [1.807, 2.05) is 12.1 Å². The molecule has 0 aromatic heterocycles. The van der Waals surface area contributed by atoms with Gasteiger partial charge in [0, 0.05) is 12.6 Å². The normalized spacial score (nSPS) is 29.4. The quantitative estimate of drug-likeness (QED) is 0.860. The fourth-order valence-corrected chi connectivity index (χ4v) is 4.19. The van der Waals surface area contributed by atoms with Gasteiger partial charge in [0.1, 0.15) is 5.75 Å². The van der Waals surface area contributed by atoms with Gasteiger partial charge in [-0.15, -0.1) is 0 Å². The summed E-state index contributed by atoms with van der Waals surface area (Å²) in [4.78, 5) is 13.7. The molecular formula is C20H30N2O4. The van der Waals surface area contributed by atoms with Gasteiger partial charge in [-0.1, -0.05) is 12.1 Å². The monoisotopic (exact) mass is 362 g/mol. The zero-order valence-corrected chi connectivity index (χ0v) is 15.5. The first-order valence-corrected chi connectivity index (χ1v) is 9.59. The molecule has 0 unspecified atom stereocenters. The smallest absolute Gasteiger partial charge is 0.409 e. The third kappa shape index (κ3) is 4.48. The summed E-state index contributed by atoms with van der Waals surface area (Å²) >= 11 is 0. The van der Waals surface area contributed by atoms with Gasteiger partial charge in [-0.3, -0.25) is 0 Å². The van der Waals surface area contributed by atoms with Gasteiger partial charge < -0.3 is 25.2 Å². The molecule has 1 aliphatic carbocycles. The summed E-state index contributed by atoms with van der Waals surface area (Å²) in [5.41, 5.74) is 7.52. The van der Waals surface area contributed by atoms with E-state index in [4.69, 9.17) is 15.2 Å². The summed E-state index contributed by atoms with van der Waals surface area (Å²) < 4.78 is 11.0. The van der Waals surface area contributed by atoms with Gasteiger partial charge in [0.05, 0.1) is 25.9 Å². The predicted octanol–water partition coefficient (Wildman–Crippen LogP) is 2.99. The third-order valence-corrected chi connectivity index (χ3v) is 5.78. The molecule has 6 heteroatoms. The van der Waals surface area contributed by atoms with Gasteiger partial charge in [-0.25, -0.2) is 4.79 Å². The Bertz CT molecular complexity index is 584. The number of ether oxygens (including phenoxy) is 2. The van der Waals surface area contributed by atoms with E-state index in [1.54, 1.807) is 17.0 Å². The van der Waals surface area contributed by atoms with Crippen LogP contribution in [0.4, 0.5) is 4.79 Å². The lowest BCUT2D eigenvalue weighted by Crippen LogP contribution is -2.56.